The van der Waals surface area contributed by atoms with Crippen molar-refractivity contribution in [2.75, 3.05) is 5.73 Å². The molecule has 3 aromatic heterocycles. The van der Waals surface area contributed by atoms with E-state index in [1.165, 1.54) is 16.7 Å². The topological polar surface area (TPSA) is 99.8 Å². The van der Waals surface area contributed by atoms with Gasteiger partial charge in [0.2, 0.25) is 5.95 Å². The van der Waals surface area contributed by atoms with Gasteiger partial charge in [0, 0.05) is 0 Å². The minimum atomic E-state index is -4.49. The van der Waals surface area contributed by atoms with Gasteiger partial charge in [-0.05, 0) is 36.8 Å². The molecule has 0 unspecified atom stereocenters. The van der Waals surface area contributed by atoms with Crippen molar-refractivity contribution in [1.29, 1.82) is 0 Å². The van der Waals surface area contributed by atoms with Crippen molar-refractivity contribution >= 4 is 17.1 Å². The Labute approximate surface area is 161 Å². The van der Waals surface area contributed by atoms with Crippen LogP contribution in [0.4, 0.5) is 19.1 Å². The molecule has 0 atom stereocenters. The lowest BCUT2D eigenvalue weighted by Crippen LogP contribution is -2.23. The predicted octanol–water partition coefficient (Wildman–Crippen LogP) is 3.40. The molecule has 29 heavy (non-hydrogen) atoms. The van der Waals surface area contributed by atoms with E-state index in [1.54, 1.807) is 19.1 Å². The Hall–Kier alpha value is -3.69. The molecule has 1 aromatic carbocycles. The SMILES string of the molecule is Cc1ccc(-c2nc(N)nc3c2ncc(=O)n3Cc2cccc(C(F)(F)F)c2)o1. The molecule has 0 saturated carbocycles. The van der Waals surface area contributed by atoms with Crippen LogP contribution < -0.4 is 11.3 Å². The standard InChI is InChI=1S/C19H14F3N5O2/c1-10-5-6-13(29-10)15-16-17(26-18(23)25-15)27(14(28)8-24-16)9-11-3-2-4-12(7-11)19(20,21)22/h2-8H,9H2,1H3,(H2,23,25,26). The van der Waals surface area contributed by atoms with Crippen molar-refractivity contribution < 1.29 is 17.6 Å². The molecule has 0 spiro atoms. The van der Waals surface area contributed by atoms with Crippen LogP contribution in [0.2, 0.25) is 0 Å². The maximum Gasteiger partial charge on any atom is 0.416 e. The fourth-order valence-corrected chi connectivity index (χ4v) is 2.98. The quantitative estimate of drug-likeness (QED) is 0.565. The summed E-state index contributed by atoms with van der Waals surface area (Å²) in [4.78, 5) is 24.8. The minimum Gasteiger partial charge on any atom is -0.460 e. The molecule has 0 saturated heterocycles. The molecule has 4 rings (SSSR count). The van der Waals surface area contributed by atoms with Gasteiger partial charge in [-0.2, -0.15) is 18.2 Å². The molecule has 0 fully saturated rings. The van der Waals surface area contributed by atoms with Gasteiger partial charge in [-0.1, -0.05) is 12.1 Å². The highest BCUT2D eigenvalue weighted by atomic mass is 19.4. The minimum absolute atomic E-state index is 0.103. The molecule has 4 aromatic rings. The molecule has 148 valence electrons. The number of furan rings is 1. The number of nitrogens with zero attached hydrogens (tertiary/aromatic N) is 4. The Morgan fingerprint density at radius 1 is 1.17 bits per heavy atom. The Morgan fingerprint density at radius 3 is 2.66 bits per heavy atom. The summed E-state index contributed by atoms with van der Waals surface area (Å²) >= 11 is 0. The lowest BCUT2D eigenvalue weighted by atomic mass is 10.1. The Balaban J connectivity index is 1.88. The number of rotatable bonds is 3. The van der Waals surface area contributed by atoms with Crippen LogP contribution >= 0.6 is 0 Å². The van der Waals surface area contributed by atoms with Crippen LogP contribution in [0.5, 0.6) is 0 Å². The van der Waals surface area contributed by atoms with E-state index in [1.807, 2.05) is 0 Å². The fraction of sp³-hybridized carbons (Fsp3) is 0.158. The fourth-order valence-electron chi connectivity index (χ4n) is 2.98. The number of hydrogen-bond acceptors (Lipinski definition) is 6. The van der Waals surface area contributed by atoms with E-state index in [9.17, 15) is 18.0 Å². The van der Waals surface area contributed by atoms with Crippen LogP contribution in [0.25, 0.3) is 22.6 Å². The highest BCUT2D eigenvalue weighted by molar-refractivity contribution is 5.86. The summed E-state index contributed by atoms with van der Waals surface area (Å²) < 4.78 is 45.8. The predicted molar refractivity (Wildman–Crippen MR) is 99.0 cm³/mol. The van der Waals surface area contributed by atoms with Gasteiger partial charge in [0.15, 0.2) is 11.4 Å². The van der Waals surface area contributed by atoms with Crippen molar-refractivity contribution in [3.63, 3.8) is 0 Å². The summed E-state index contributed by atoms with van der Waals surface area (Å²) in [6.07, 6.45) is -3.42. The number of halogens is 3. The normalized spacial score (nSPS) is 11.9. The number of nitrogens with two attached hydrogens (primary N) is 1. The zero-order valence-corrected chi connectivity index (χ0v) is 15.1. The molecule has 7 nitrogen and oxygen atoms in total. The second-order valence-corrected chi connectivity index (χ2v) is 6.39. The van der Waals surface area contributed by atoms with E-state index >= 15 is 0 Å². The molecule has 2 N–H and O–H groups in total. The van der Waals surface area contributed by atoms with Crippen molar-refractivity contribution in [3.05, 3.63) is 69.8 Å². The molecule has 0 aliphatic heterocycles. The Bertz CT molecular complexity index is 1280. The zero-order chi connectivity index (χ0) is 20.8. The summed E-state index contributed by atoms with van der Waals surface area (Å²) in [5, 5.41) is 0. The van der Waals surface area contributed by atoms with Crippen LogP contribution in [-0.4, -0.2) is 19.5 Å². The van der Waals surface area contributed by atoms with Crippen molar-refractivity contribution in [1.82, 2.24) is 19.5 Å². The number of aromatic nitrogens is 4. The summed E-state index contributed by atoms with van der Waals surface area (Å²) in [5.41, 5.74) is 5.39. The molecule has 0 bridgehead atoms. The first-order chi connectivity index (χ1) is 13.7. The van der Waals surface area contributed by atoms with E-state index < -0.39 is 17.3 Å². The van der Waals surface area contributed by atoms with E-state index in [-0.39, 0.29) is 29.2 Å². The molecule has 0 aliphatic rings. The highest BCUT2D eigenvalue weighted by Gasteiger charge is 2.30. The average molecular weight is 401 g/mol. The smallest absolute Gasteiger partial charge is 0.416 e. The molecule has 10 heteroatoms. The first-order valence-corrected chi connectivity index (χ1v) is 8.48. The molecule has 3 heterocycles. The monoisotopic (exact) mass is 401 g/mol. The summed E-state index contributed by atoms with van der Waals surface area (Å²) in [7, 11) is 0. The van der Waals surface area contributed by atoms with Gasteiger partial charge in [0.25, 0.3) is 5.56 Å². The molecular formula is C19H14F3N5O2. The number of hydrogen-bond donors (Lipinski definition) is 1. The third-order valence-electron chi connectivity index (χ3n) is 4.28. The number of nitrogen functional groups attached to an aromatic ring is 1. The van der Waals surface area contributed by atoms with Gasteiger partial charge in [0.1, 0.15) is 17.0 Å². The van der Waals surface area contributed by atoms with Gasteiger partial charge in [-0.15, -0.1) is 0 Å². The number of anilines is 1. The second-order valence-electron chi connectivity index (χ2n) is 6.39. The first kappa shape index (κ1) is 18.7. The van der Waals surface area contributed by atoms with E-state index in [0.717, 1.165) is 18.3 Å². The van der Waals surface area contributed by atoms with E-state index in [4.69, 9.17) is 10.2 Å². The van der Waals surface area contributed by atoms with E-state index in [0.29, 0.717) is 17.2 Å². The van der Waals surface area contributed by atoms with Crippen LogP contribution in [-0.2, 0) is 12.7 Å². The van der Waals surface area contributed by atoms with Gasteiger partial charge >= 0.3 is 6.18 Å². The maximum atomic E-state index is 13.0. The van der Waals surface area contributed by atoms with Gasteiger partial charge in [-0.25, -0.2) is 9.97 Å². The Morgan fingerprint density at radius 2 is 1.97 bits per heavy atom. The van der Waals surface area contributed by atoms with Crippen molar-refractivity contribution in [2.24, 2.45) is 0 Å². The molecule has 0 aliphatic carbocycles. The van der Waals surface area contributed by atoms with Gasteiger partial charge in [-0.3, -0.25) is 9.36 Å². The van der Waals surface area contributed by atoms with Gasteiger partial charge in [0.05, 0.1) is 18.3 Å². The Kier molecular flexibility index (Phi) is 4.33. The average Bonchev–Trinajstić information content (AvgIpc) is 3.09. The lowest BCUT2D eigenvalue weighted by Gasteiger charge is -2.12. The number of alkyl halides is 3. The van der Waals surface area contributed by atoms with Crippen LogP contribution in [0, 0.1) is 6.92 Å². The summed E-state index contributed by atoms with van der Waals surface area (Å²) in [6, 6.07) is 8.15. The van der Waals surface area contributed by atoms with Crippen molar-refractivity contribution in [3.8, 4) is 11.5 Å². The molecule has 0 amide bonds. The third kappa shape index (κ3) is 3.56. The zero-order valence-electron chi connectivity index (χ0n) is 15.1. The summed E-state index contributed by atoms with van der Waals surface area (Å²) in [6.45, 7) is 1.61. The number of fused-ring (bicyclic) bond motifs is 1. The maximum absolute atomic E-state index is 13.0. The first-order valence-electron chi connectivity index (χ1n) is 8.48. The number of benzene rings is 1. The van der Waals surface area contributed by atoms with Gasteiger partial charge < -0.3 is 10.2 Å². The molecule has 0 radical (unpaired) electrons. The number of aryl methyl sites for hydroxylation is 1. The lowest BCUT2D eigenvalue weighted by molar-refractivity contribution is -0.137. The van der Waals surface area contributed by atoms with Crippen LogP contribution in [0.15, 0.2) is 51.8 Å². The van der Waals surface area contributed by atoms with Crippen LogP contribution in [0.3, 0.4) is 0 Å². The van der Waals surface area contributed by atoms with E-state index in [2.05, 4.69) is 15.0 Å². The largest absolute Gasteiger partial charge is 0.460 e. The van der Waals surface area contributed by atoms with Crippen LogP contribution in [0.1, 0.15) is 16.9 Å². The molecular weight excluding hydrogens is 387 g/mol. The second kappa shape index (κ2) is 6.73. The van der Waals surface area contributed by atoms with Crippen molar-refractivity contribution in [2.45, 2.75) is 19.6 Å². The third-order valence-corrected chi connectivity index (χ3v) is 4.28. The summed E-state index contributed by atoms with van der Waals surface area (Å²) in [5.74, 6) is 0.910. The highest BCUT2D eigenvalue weighted by Crippen LogP contribution is 2.30.